The smallest absolute Gasteiger partial charge is 0.410 e. The number of rotatable bonds is 0. The number of nitrogens with zero attached hydrogens (tertiary/aromatic N) is 2. The Kier molecular flexibility index (Phi) is 3.64. The van der Waals surface area contributed by atoms with Crippen molar-refractivity contribution in [3.63, 3.8) is 0 Å². The Labute approximate surface area is 134 Å². The summed E-state index contributed by atoms with van der Waals surface area (Å²) in [5, 5.41) is 0. The molecule has 2 aliphatic heterocycles. The van der Waals surface area contributed by atoms with Gasteiger partial charge in [-0.2, -0.15) is 0 Å². The lowest BCUT2D eigenvalue weighted by Gasteiger charge is -2.39. The van der Waals surface area contributed by atoms with Gasteiger partial charge in [-0.25, -0.2) is 4.79 Å². The molecule has 3 rings (SSSR count). The van der Waals surface area contributed by atoms with Crippen molar-refractivity contribution >= 4 is 27.7 Å². The first-order valence-corrected chi connectivity index (χ1v) is 8.16. The molecule has 114 valence electrons. The molecular formula is C16H21BrN2O2. The lowest BCUT2D eigenvalue weighted by molar-refractivity contribution is 0.0217. The van der Waals surface area contributed by atoms with Crippen molar-refractivity contribution in [1.29, 1.82) is 0 Å². The van der Waals surface area contributed by atoms with Crippen LogP contribution in [0, 0.1) is 0 Å². The topological polar surface area (TPSA) is 32.8 Å². The van der Waals surface area contributed by atoms with Crippen LogP contribution in [0.2, 0.25) is 0 Å². The summed E-state index contributed by atoms with van der Waals surface area (Å²) in [6.07, 6.45) is 0.785. The average Bonchev–Trinajstić information content (AvgIpc) is 2.76. The number of halogens is 1. The van der Waals surface area contributed by atoms with Crippen LogP contribution in [0.4, 0.5) is 10.5 Å². The van der Waals surface area contributed by atoms with Crippen molar-refractivity contribution in [2.75, 3.05) is 24.5 Å². The predicted octanol–water partition coefficient (Wildman–Crippen LogP) is 3.43. The molecule has 2 heterocycles. The van der Waals surface area contributed by atoms with E-state index in [1.807, 2.05) is 25.7 Å². The number of piperazine rings is 1. The molecule has 2 aliphatic rings. The summed E-state index contributed by atoms with van der Waals surface area (Å²) in [7, 11) is 0. The molecule has 0 N–H and O–H groups in total. The molecule has 1 aromatic rings. The summed E-state index contributed by atoms with van der Waals surface area (Å²) < 4.78 is 6.65. The highest BCUT2D eigenvalue weighted by Gasteiger charge is 2.37. The molecular weight excluding hydrogens is 332 g/mol. The first-order valence-electron chi connectivity index (χ1n) is 7.37. The van der Waals surface area contributed by atoms with Gasteiger partial charge in [0.05, 0.1) is 6.04 Å². The Bertz CT molecular complexity index is 568. The minimum atomic E-state index is -0.435. The molecule has 5 heteroatoms. The van der Waals surface area contributed by atoms with Crippen LogP contribution in [-0.2, 0) is 11.2 Å². The SMILES string of the molecule is CC(C)(C)OC(=O)N1CCN2c3cccc(Br)c3CC2C1. The summed E-state index contributed by atoms with van der Waals surface area (Å²) in [6, 6.07) is 6.69. The van der Waals surface area contributed by atoms with Crippen LogP contribution in [-0.4, -0.2) is 42.3 Å². The van der Waals surface area contributed by atoms with E-state index in [-0.39, 0.29) is 6.09 Å². The van der Waals surface area contributed by atoms with Crippen LogP contribution in [0.25, 0.3) is 0 Å². The lowest BCUT2D eigenvalue weighted by Crippen LogP contribution is -2.54. The van der Waals surface area contributed by atoms with E-state index >= 15 is 0 Å². The maximum absolute atomic E-state index is 12.2. The zero-order chi connectivity index (χ0) is 15.2. The van der Waals surface area contributed by atoms with Crippen LogP contribution < -0.4 is 4.90 Å². The van der Waals surface area contributed by atoms with E-state index in [4.69, 9.17) is 4.74 Å². The molecule has 0 aromatic heterocycles. The van der Waals surface area contributed by atoms with Crippen molar-refractivity contribution in [2.45, 2.75) is 38.8 Å². The minimum absolute atomic E-state index is 0.197. The number of carbonyl (C=O) groups excluding carboxylic acids is 1. The standard InChI is InChI=1S/C16H21BrN2O2/c1-16(2,3)21-15(20)18-7-8-19-11(10-18)9-12-13(17)5-4-6-14(12)19/h4-6,11H,7-10H2,1-3H3. The van der Waals surface area contributed by atoms with Crippen LogP contribution in [0.5, 0.6) is 0 Å². The second-order valence-corrected chi connectivity index (χ2v) is 7.57. The molecule has 0 bridgehead atoms. The molecule has 1 fully saturated rings. The summed E-state index contributed by atoms with van der Waals surface area (Å²) >= 11 is 3.63. The second-order valence-electron chi connectivity index (χ2n) is 6.72. The van der Waals surface area contributed by atoms with Gasteiger partial charge in [0.15, 0.2) is 0 Å². The van der Waals surface area contributed by atoms with E-state index in [9.17, 15) is 4.79 Å². The highest BCUT2D eigenvalue weighted by atomic mass is 79.9. The summed E-state index contributed by atoms with van der Waals surface area (Å²) in [4.78, 5) is 16.5. The first kappa shape index (κ1) is 14.7. The molecule has 4 nitrogen and oxygen atoms in total. The molecule has 0 spiro atoms. The number of fused-ring (bicyclic) bond motifs is 3. The van der Waals surface area contributed by atoms with Gasteiger partial charge in [0.2, 0.25) is 0 Å². The molecule has 0 radical (unpaired) electrons. The van der Waals surface area contributed by atoms with E-state index < -0.39 is 5.60 Å². The largest absolute Gasteiger partial charge is 0.444 e. The van der Waals surface area contributed by atoms with Gasteiger partial charge in [-0.15, -0.1) is 0 Å². The van der Waals surface area contributed by atoms with Crippen molar-refractivity contribution < 1.29 is 9.53 Å². The van der Waals surface area contributed by atoms with Gasteiger partial charge in [-0.05, 0) is 44.9 Å². The number of hydrogen-bond acceptors (Lipinski definition) is 3. The maximum Gasteiger partial charge on any atom is 0.410 e. The van der Waals surface area contributed by atoms with E-state index in [1.165, 1.54) is 15.7 Å². The summed E-state index contributed by atoms with van der Waals surface area (Å²) in [6.45, 7) is 8.04. The molecule has 1 atom stereocenters. The van der Waals surface area contributed by atoms with Gasteiger partial charge in [0.1, 0.15) is 5.60 Å². The Balaban J connectivity index is 1.72. The van der Waals surface area contributed by atoms with Gasteiger partial charge >= 0.3 is 6.09 Å². The predicted molar refractivity (Wildman–Crippen MR) is 86.8 cm³/mol. The normalized spacial score (nSPS) is 21.0. The Morgan fingerprint density at radius 1 is 1.33 bits per heavy atom. The third-order valence-electron chi connectivity index (χ3n) is 3.98. The molecule has 21 heavy (non-hydrogen) atoms. The Hall–Kier alpha value is -1.23. The van der Waals surface area contributed by atoms with Gasteiger partial charge in [-0.1, -0.05) is 22.0 Å². The van der Waals surface area contributed by atoms with E-state index in [0.717, 1.165) is 26.1 Å². The quantitative estimate of drug-likeness (QED) is 0.716. The van der Waals surface area contributed by atoms with Gasteiger partial charge in [-0.3, -0.25) is 0 Å². The van der Waals surface area contributed by atoms with Crippen LogP contribution in [0.3, 0.4) is 0 Å². The highest BCUT2D eigenvalue weighted by Crippen LogP contribution is 2.38. The van der Waals surface area contributed by atoms with Crippen molar-refractivity contribution in [1.82, 2.24) is 4.90 Å². The number of anilines is 1. The van der Waals surface area contributed by atoms with Crippen LogP contribution in [0.1, 0.15) is 26.3 Å². The van der Waals surface area contributed by atoms with Crippen LogP contribution in [0.15, 0.2) is 22.7 Å². The fourth-order valence-corrected chi connectivity index (χ4v) is 3.61. The van der Waals surface area contributed by atoms with Crippen LogP contribution >= 0.6 is 15.9 Å². The number of amides is 1. The van der Waals surface area contributed by atoms with Crippen molar-refractivity contribution in [3.05, 3.63) is 28.2 Å². The maximum atomic E-state index is 12.2. The third-order valence-corrected chi connectivity index (χ3v) is 4.72. The molecule has 0 saturated carbocycles. The Morgan fingerprint density at radius 2 is 2.10 bits per heavy atom. The fourth-order valence-electron chi connectivity index (χ4n) is 3.09. The molecule has 1 unspecified atom stereocenters. The van der Waals surface area contributed by atoms with Crippen molar-refractivity contribution in [3.8, 4) is 0 Å². The zero-order valence-electron chi connectivity index (χ0n) is 12.7. The number of benzene rings is 1. The Morgan fingerprint density at radius 3 is 2.81 bits per heavy atom. The zero-order valence-corrected chi connectivity index (χ0v) is 14.3. The second kappa shape index (κ2) is 5.20. The molecule has 1 amide bonds. The first-order chi connectivity index (χ1) is 9.85. The van der Waals surface area contributed by atoms with Gasteiger partial charge < -0.3 is 14.5 Å². The van der Waals surface area contributed by atoms with Crippen molar-refractivity contribution in [2.24, 2.45) is 0 Å². The summed E-state index contributed by atoms with van der Waals surface area (Å²) in [5.41, 5.74) is 2.22. The third kappa shape index (κ3) is 2.89. The molecule has 1 saturated heterocycles. The van der Waals surface area contributed by atoms with E-state index in [0.29, 0.717) is 6.04 Å². The average molecular weight is 353 g/mol. The molecule has 1 aromatic carbocycles. The highest BCUT2D eigenvalue weighted by molar-refractivity contribution is 9.10. The lowest BCUT2D eigenvalue weighted by atomic mass is 10.1. The number of hydrogen-bond donors (Lipinski definition) is 0. The van der Waals surface area contributed by atoms with Gasteiger partial charge in [0.25, 0.3) is 0 Å². The monoisotopic (exact) mass is 352 g/mol. The summed E-state index contributed by atoms with van der Waals surface area (Å²) in [5.74, 6) is 0. The van der Waals surface area contributed by atoms with E-state index in [2.05, 4.69) is 39.0 Å². The number of ether oxygens (including phenoxy) is 1. The number of carbonyl (C=O) groups is 1. The minimum Gasteiger partial charge on any atom is -0.444 e. The molecule has 0 aliphatic carbocycles. The fraction of sp³-hybridized carbons (Fsp3) is 0.562. The van der Waals surface area contributed by atoms with Gasteiger partial charge in [0, 0.05) is 29.8 Å². The van der Waals surface area contributed by atoms with E-state index in [1.54, 1.807) is 0 Å².